The Hall–Kier alpha value is -1.78. The van der Waals surface area contributed by atoms with E-state index in [1.54, 1.807) is 6.92 Å². The van der Waals surface area contributed by atoms with E-state index in [0.717, 1.165) is 6.08 Å². The monoisotopic (exact) mass is 233 g/mol. The van der Waals surface area contributed by atoms with Crippen molar-refractivity contribution in [3.8, 4) is 17.9 Å². The van der Waals surface area contributed by atoms with E-state index in [1.807, 2.05) is 0 Å². The summed E-state index contributed by atoms with van der Waals surface area (Å²) in [6.45, 7) is 3.29. The topological polar surface area (TPSA) is 81.3 Å². The fourth-order valence-corrected chi connectivity index (χ4v) is 1.53. The van der Waals surface area contributed by atoms with Crippen LogP contribution in [-0.2, 0) is 4.79 Å². The van der Waals surface area contributed by atoms with Crippen LogP contribution in [-0.4, -0.2) is 21.8 Å². The normalized spacial score (nSPS) is 20.5. The molecule has 1 aliphatic carbocycles. The Kier molecular flexibility index (Phi) is 3.60. The highest BCUT2D eigenvalue weighted by Gasteiger charge is 2.56. The summed E-state index contributed by atoms with van der Waals surface area (Å²) < 4.78 is 0. The summed E-state index contributed by atoms with van der Waals surface area (Å²) in [6, 6.07) is 2.09. The van der Waals surface area contributed by atoms with Gasteiger partial charge in [0.25, 0.3) is 0 Å². The molecule has 0 aromatic rings. The van der Waals surface area contributed by atoms with E-state index in [4.69, 9.17) is 10.4 Å². The highest BCUT2D eigenvalue weighted by atomic mass is 16.4. The van der Waals surface area contributed by atoms with Crippen molar-refractivity contribution < 1.29 is 15.0 Å². The van der Waals surface area contributed by atoms with Crippen LogP contribution < -0.4 is 0 Å². The first-order chi connectivity index (χ1) is 7.87. The molecule has 4 nitrogen and oxygen atoms in total. The van der Waals surface area contributed by atoms with Crippen LogP contribution >= 0.6 is 0 Å². The largest absolute Gasteiger partial charge is 0.478 e. The maximum absolute atomic E-state index is 10.5. The smallest absolute Gasteiger partial charge is 0.329 e. The Balaban J connectivity index is 2.92. The standard InChI is InChI=1S/C13H15NO3/c1-3-10(8-11(15)16)4-5-12(2,17)13(9-14)6-7-13/h8,17H,3,6-7H2,1-2H3,(H,15,16)/b10-8-/t12-/m1/s1. The van der Waals surface area contributed by atoms with Gasteiger partial charge in [0.2, 0.25) is 0 Å². The molecule has 1 rings (SSSR count). The highest BCUT2D eigenvalue weighted by Crippen LogP contribution is 2.53. The van der Waals surface area contributed by atoms with Crippen molar-refractivity contribution in [1.29, 1.82) is 5.26 Å². The summed E-state index contributed by atoms with van der Waals surface area (Å²) in [5.74, 6) is 4.21. The van der Waals surface area contributed by atoms with Crippen molar-refractivity contribution in [1.82, 2.24) is 0 Å². The number of aliphatic hydroxyl groups is 1. The average molecular weight is 233 g/mol. The molecule has 1 aliphatic rings. The third-order valence-electron chi connectivity index (χ3n) is 3.04. The first-order valence-electron chi connectivity index (χ1n) is 5.47. The minimum absolute atomic E-state index is 0.437. The molecule has 0 saturated heterocycles. The Bertz CT molecular complexity index is 453. The Labute approximate surface area is 101 Å². The summed E-state index contributed by atoms with van der Waals surface area (Å²) in [5, 5.41) is 27.7. The number of rotatable bonds is 3. The lowest BCUT2D eigenvalue weighted by molar-refractivity contribution is -0.131. The van der Waals surface area contributed by atoms with E-state index < -0.39 is 17.0 Å². The fraction of sp³-hybridized carbons (Fsp3) is 0.538. The van der Waals surface area contributed by atoms with Gasteiger partial charge in [0.15, 0.2) is 0 Å². The first-order valence-corrected chi connectivity index (χ1v) is 5.47. The molecule has 0 spiro atoms. The third-order valence-corrected chi connectivity index (χ3v) is 3.04. The zero-order valence-electron chi connectivity index (χ0n) is 9.95. The van der Waals surface area contributed by atoms with E-state index >= 15 is 0 Å². The van der Waals surface area contributed by atoms with Crippen LogP contribution in [0.3, 0.4) is 0 Å². The van der Waals surface area contributed by atoms with Gasteiger partial charge in [-0.05, 0) is 26.2 Å². The molecule has 4 heteroatoms. The van der Waals surface area contributed by atoms with Crippen LogP contribution in [0.2, 0.25) is 0 Å². The second-order valence-corrected chi connectivity index (χ2v) is 4.38. The van der Waals surface area contributed by atoms with Crippen LogP contribution in [0.15, 0.2) is 11.6 Å². The maximum atomic E-state index is 10.5. The van der Waals surface area contributed by atoms with Crippen molar-refractivity contribution in [2.45, 2.75) is 38.7 Å². The average Bonchev–Trinajstić information content (AvgIpc) is 3.04. The first kappa shape index (κ1) is 13.3. The van der Waals surface area contributed by atoms with Crippen molar-refractivity contribution in [3.05, 3.63) is 11.6 Å². The number of nitrogens with zero attached hydrogens (tertiary/aromatic N) is 1. The van der Waals surface area contributed by atoms with E-state index in [0.29, 0.717) is 24.8 Å². The minimum Gasteiger partial charge on any atom is -0.478 e. The molecule has 0 aromatic heterocycles. The summed E-state index contributed by atoms with van der Waals surface area (Å²) in [7, 11) is 0. The number of nitriles is 1. The summed E-state index contributed by atoms with van der Waals surface area (Å²) in [4.78, 5) is 10.5. The maximum Gasteiger partial charge on any atom is 0.329 e. The van der Waals surface area contributed by atoms with Crippen LogP contribution in [0.25, 0.3) is 0 Å². The van der Waals surface area contributed by atoms with Crippen LogP contribution in [0.1, 0.15) is 33.1 Å². The summed E-state index contributed by atoms with van der Waals surface area (Å²) in [5.41, 5.74) is -1.72. The fourth-order valence-electron chi connectivity index (χ4n) is 1.53. The zero-order valence-corrected chi connectivity index (χ0v) is 9.95. The lowest BCUT2D eigenvalue weighted by atomic mass is 9.87. The van der Waals surface area contributed by atoms with Crippen molar-refractivity contribution in [3.63, 3.8) is 0 Å². The van der Waals surface area contributed by atoms with Crippen LogP contribution in [0.4, 0.5) is 0 Å². The number of hydrogen-bond acceptors (Lipinski definition) is 3. The third kappa shape index (κ3) is 2.87. The van der Waals surface area contributed by atoms with Gasteiger partial charge >= 0.3 is 5.97 Å². The second kappa shape index (κ2) is 4.61. The molecule has 0 heterocycles. The molecule has 2 N–H and O–H groups in total. The molecule has 0 unspecified atom stereocenters. The number of carboxylic acids is 1. The van der Waals surface area contributed by atoms with E-state index in [1.165, 1.54) is 6.92 Å². The molecule has 0 amide bonds. The molecule has 0 aliphatic heterocycles. The molecule has 90 valence electrons. The van der Waals surface area contributed by atoms with E-state index in [9.17, 15) is 9.90 Å². The molecular weight excluding hydrogens is 218 g/mol. The second-order valence-electron chi connectivity index (χ2n) is 4.38. The molecule has 17 heavy (non-hydrogen) atoms. The molecule has 0 radical (unpaired) electrons. The quantitative estimate of drug-likeness (QED) is 0.571. The minimum atomic E-state index is -1.38. The van der Waals surface area contributed by atoms with Gasteiger partial charge in [0.05, 0.1) is 11.5 Å². The van der Waals surface area contributed by atoms with Gasteiger partial charge in [0.1, 0.15) is 5.60 Å². The van der Waals surface area contributed by atoms with Gasteiger partial charge in [-0.15, -0.1) is 0 Å². The van der Waals surface area contributed by atoms with Gasteiger partial charge < -0.3 is 10.2 Å². The number of carboxylic acid groups (broad SMARTS) is 1. The van der Waals surface area contributed by atoms with Crippen molar-refractivity contribution in [2.24, 2.45) is 5.41 Å². The number of carbonyl (C=O) groups is 1. The SMILES string of the molecule is CC/C(C#C[C@@](C)(O)C1(C#N)CC1)=C/C(=O)O. The lowest BCUT2D eigenvalue weighted by Gasteiger charge is -2.21. The Morgan fingerprint density at radius 1 is 1.59 bits per heavy atom. The van der Waals surface area contributed by atoms with Gasteiger partial charge in [-0.25, -0.2) is 4.79 Å². The lowest BCUT2D eigenvalue weighted by Crippen LogP contribution is -2.33. The molecule has 1 atom stereocenters. The summed E-state index contributed by atoms with van der Waals surface area (Å²) >= 11 is 0. The van der Waals surface area contributed by atoms with Gasteiger partial charge in [0, 0.05) is 11.6 Å². The van der Waals surface area contributed by atoms with E-state index in [-0.39, 0.29) is 0 Å². The van der Waals surface area contributed by atoms with E-state index in [2.05, 4.69) is 17.9 Å². The molecule has 1 saturated carbocycles. The zero-order chi connectivity index (χ0) is 13.1. The predicted octanol–water partition coefficient (Wildman–Crippen LogP) is 1.47. The highest BCUT2D eigenvalue weighted by molar-refractivity contribution is 5.81. The van der Waals surface area contributed by atoms with Crippen LogP contribution in [0, 0.1) is 28.6 Å². The molecule has 1 fully saturated rings. The number of aliphatic carboxylic acids is 1. The number of hydrogen-bond donors (Lipinski definition) is 2. The van der Waals surface area contributed by atoms with Gasteiger partial charge in [-0.3, -0.25) is 0 Å². The Morgan fingerprint density at radius 3 is 2.53 bits per heavy atom. The molecular formula is C13H15NO3. The van der Waals surface area contributed by atoms with Gasteiger partial charge in [-0.1, -0.05) is 18.8 Å². The van der Waals surface area contributed by atoms with Gasteiger partial charge in [-0.2, -0.15) is 5.26 Å². The summed E-state index contributed by atoms with van der Waals surface area (Å²) in [6.07, 6.45) is 2.77. The number of allylic oxidation sites excluding steroid dienone is 1. The molecule has 0 aromatic carbocycles. The van der Waals surface area contributed by atoms with Crippen molar-refractivity contribution >= 4 is 5.97 Å². The van der Waals surface area contributed by atoms with Crippen molar-refractivity contribution in [2.75, 3.05) is 0 Å². The Morgan fingerprint density at radius 2 is 2.18 bits per heavy atom. The predicted molar refractivity (Wildman–Crippen MR) is 61.7 cm³/mol. The van der Waals surface area contributed by atoms with Crippen LogP contribution in [0.5, 0.6) is 0 Å². The molecule has 0 bridgehead atoms.